The summed E-state index contributed by atoms with van der Waals surface area (Å²) in [5.74, 6) is 1.46. The van der Waals surface area contributed by atoms with E-state index in [-0.39, 0.29) is 16.0 Å². The van der Waals surface area contributed by atoms with Crippen LogP contribution in [0.1, 0.15) is 15.9 Å². The fourth-order valence-electron chi connectivity index (χ4n) is 2.37. The summed E-state index contributed by atoms with van der Waals surface area (Å²) in [5.41, 5.74) is 1.27. The van der Waals surface area contributed by atoms with Crippen LogP contribution in [0.3, 0.4) is 0 Å². The van der Waals surface area contributed by atoms with Crippen molar-refractivity contribution in [3.63, 3.8) is 0 Å². The van der Waals surface area contributed by atoms with E-state index in [1.54, 1.807) is 0 Å². The standard InChI is InChI=1S/C17H15Cl2NO4/c1-22-16-12(18)7-11(8-13(16)19)17(21)20-9-10-2-3-14-15(6-10)24-5-4-23-14/h2-3,6-8H,4-5,9H2,1H3,(H,20,21). The maximum Gasteiger partial charge on any atom is 0.251 e. The van der Waals surface area contributed by atoms with E-state index in [4.69, 9.17) is 37.4 Å². The summed E-state index contributed by atoms with van der Waals surface area (Å²) in [6.07, 6.45) is 0. The van der Waals surface area contributed by atoms with E-state index in [1.807, 2.05) is 18.2 Å². The van der Waals surface area contributed by atoms with Crippen molar-refractivity contribution in [3.8, 4) is 17.2 Å². The summed E-state index contributed by atoms with van der Waals surface area (Å²) in [4.78, 5) is 12.3. The first kappa shape index (κ1) is 16.7. The molecule has 1 aliphatic rings. The number of carbonyl (C=O) groups excluding carboxylic acids is 1. The molecule has 0 unspecified atom stereocenters. The molecule has 0 fully saturated rings. The number of halogens is 2. The number of hydrogen-bond acceptors (Lipinski definition) is 4. The number of fused-ring (bicyclic) bond motifs is 1. The zero-order chi connectivity index (χ0) is 17.1. The summed E-state index contributed by atoms with van der Waals surface area (Å²) in [6, 6.07) is 8.60. The second-order valence-corrected chi connectivity index (χ2v) is 5.95. The van der Waals surface area contributed by atoms with Gasteiger partial charge in [-0.05, 0) is 29.8 Å². The number of rotatable bonds is 4. The molecule has 24 heavy (non-hydrogen) atoms. The SMILES string of the molecule is COc1c(Cl)cc(C(=O)NCc2ccc3c(c2)OCCO3)cc1Cl. The maximum atomic E-state index is 12.3. The van der Waals surface area contributed by atoms with E-state index >= 15 is 0 Å². The summed E-state index contributed by atoms with van der Waals surface area (Å²) in [7, 11) is 1.47. The largest absolute Gasteiger partial charge is 0.494 e. The molecule has 0 aromatic heterocycles. The van der Waals surface area contributed by atoms with Crippen LogP contribution in [0.5, 0.6) is 17.2 Å². The third-order valence-electron chi connectivity index (χ3n) is 3.52. The summed E-state index contributed by atoms with van der Waals surface area (Å²) >= 11 is 12.1. The average molecular weight is 368 g/mol. The molecule has 2 aromatic carbocycles. The number of nitrogens with one attached hydrogen (secondary N) is 1. The van der Waals surface area contributed by atoms with Gasteiger partial charge in [0, 0.05) is 12.1 Å². The average Bonchev–Trinajstić information content (AvgIpc) is 2.59. The number of benzene rings is 2. The smallest absolute Gasteiger partial charge is 0.251 e. The topological polar surface area (TPSA) is 56.8 Å². The van der Waals surface area contributed by atoms with Crippen LogP contribution in [0.25, 0.3) is 0 Å². The van der Waals surface area contributed by atoms with E-state index in [2.05, 4.69) is 5.32 Å². The van der Waals surface area contributed by atoms with Gasteiger partial charge in [0.1, 0.15) is 13.2 Å². The third kappa shape index (κ3) is 3.52. The van der Waals surface area contributed by atoms with Gasteiger partial charge < -0.3 is 19.5 Å². The highest BCUT2D eigenvalue weighted by atomic mass is 35.5. The molecule has 0 atom stereocenters. The first-order chi connectivity index (χ1) is 11.6. The number of amides is 1. The van der Waals surface area contributed by atoms with Gasteiger partial charge >= 0.3 is 0 Å². The normalized spacial score (nSPS) is 12.6. The van der Waals surface area contributed by atoms with Gasteiger partial charge in [0.25, 0.3) is 5.91 Å². The van der Waals surface area contributed by atoms with Crippen molar-refractivity contribution in [3.05, 3.63) is 51.5 Å². The quantitative estimate of drug-likeness (QED) is 0.894. The zero-order valence-electron chi connectivity index (χ0n) is 12.9. The van der Waals surface area contributed by atoms with Gasteiger partial charge in [-0.3, -0.25) is 4.79 Å². The number of ether oxygens (including phenoxy) is 3. The molecule has 0 spiro atoms. The van der Waals surface area contributed by atoms with E-state index < -0.39 is 0 Å². The Bertz CT molecular complexity index is 756. The fourth-order valence-corrected chi connectivity index (χ4v) is 3.01. The Morgan fingerprint density at radius 2 is 1.79 bits per heavy atom. The highest BCUT2D eigenvalue weighted by molar-refractivity contribution is 6.37. The Labute approximate surface area is 149 Å². The minimum Gasteiger partial charge on any atom is -0.494 e. The maximum absolute atomic E-state index is 12.3. The van der Waals surface area contributed by atoms with Crippen LogP contribution >= 0.6 is 23.2 Å². The van der Waals surface area contributed by atoms with Gasteiger partial charge in [-0.15, -0.1) is 0 Å². The molecular formula is C17H15Cl2NO4. The number of methoxy groups -OCH3 is 1. The molecule has 5 nitrogen and oxygen atoms in total. The lowest BCUT2D eigenvalue weighted by Crippen LogP contribution is -2.23. The molecule has 0 radical (unpaired) electrons. The van der Waals surface area contributed by atoms with Crippen molar-refractivity contribution in [2.75, 3.05) is 20.3 Å². The van der Waals surface area contributed by atoms with Crippen molar-refractivity contribution in [1.82, 2.24) is 5.32 Å². The van der Waals surface area contributed by atoms with Crippen LogP contribution in [-0.4, -0.2) is 26.2 Å². The van der Waals surface area contributed by atoms with Crippen LogP contribution in [0.2, 0.25) is 10.0 Å². The van der Waals surface area contributed by atoms with E-state index in [9.17, 15) is 4.79 Å². The Balaban J connectivity index is 1.69. The molecule has 2 aromatic rings. The summed E-state index contributed by atoms with van der Waals surface area (Å²) in [5, 5.41) is 3.39. The summed E-state index contributed by atoms with van der Waals surface area (Å²) < 4.78 is 16.1. The second-order valence-electron chi connectivity index (χ2n) is 5.13. The first-order valence-corrected chi connectivity index (χ1v) is 8.04. The van der Waals surface area contributed by atoms with Gasteiger partial charge in [0.05, 0.1) is 17.2 Å². The Kier molecular flexibility index (Phi) is 5.02. The zero-order valence-corrected chi connectivity index (χ0v) is 14.4. The molecule has 1 aliphatic heterocycles. The predicted molar refractivity (Wildman–Crippen MR) is 91.6 cm³/mol. The van der Waals surface area contributed by atoms with Gasteiger partial charge in [0.2, 0.25) is 0 Å². The molecule has 0 aliphatic carbocycles. The lowest BCUT2D eigenvalue weighted by atomic mass is 10.1. The van der Waals surface area contributed by atoms with Crippen LogP contribution in [0.15, 0.2) is 30.3 Å². The van der Waals surface area contributed by atoms with E-state index in [1.165, 1.54) is 19.2 Å². The van der Waals surface area contributed by atoms with Crippen LogP contribution < -0.4 is 19.5 Å². The monoisotopic (exact) mass is 367 g/mol. The minimum atomic E-state index is -0.281. The molecule has 1 heterocycles. The van der Waals surface area contributed by atoms with Gasteiger partial charge in [-0.25, -0.2) is 0 Å². The fraction of sp³-hybridized carbons (Fsp3) is 0.235. The molecule has 0 saturated carbocycles. The highest BCUT2D eigenvalue weighted by Gasteiger charge is 2.15. The first-order valence-electron chi connectivity index (χ1n) is 7.28. The van der Waals surface area contributed by atoms with Crippen molar-refractivity contribution >= 4 is 29.1 Å². The molecule has 3 rings (SSSR count). The molecular weight excluding hydrogens is 353 g/mol. The lowest BCUT2D eigenvalue weighted by molar-refractivity contribution is 0.0950. The van der Waals surface area contributed by atoms with Gasteiger partial charge in [-0.1, -0.05) is 29.3 Å². The van der Waals surface area contributed by atoms with Crippen molar-refractivity contribution < 1.29 is 19.0 Å². The van der Waals surface area contributed by atoms with Crippen LogP contribution in [-0.2, 0) is 6.54 Å². The number of carbonyl (C=O) groups is 1. The Morgan fingerprint density at radius 1 is 1.12 bits per heavy atom. The Morgan fingerprint density at radius 3 is 2.46 bits per heavy atom. The molecule has 0 saturated heterocycles. The highest BCUT2D eigenvalue weighted by Crippen LogP contribution is 2.34. The second kappa shape index (κ2) is 7.20. The molecule has 1 amide bonds. The number of hydrogen-bond donors (Lipinski definition) is 1. The molecule has 126 valence electrons. The van der Waals surface area contributed by atoms with Crippen molar-refractivity contribution in [2.24, 2.45) is 0 Å². The summed E-state index contributed by atoms with van der Waals surface area (Å²) in [6.45, 7) is 1.41. The van der Waals surface area contributed by atoms with Gasteiger partial charge in [0.15, 0.2) is 17.2 Å². The van der Waals surface area contributed by atoms with Gasteiger partial charge in [-0.2, -0.15) is 0 Å². The predicted octanol–water partition coefficient (Wildman–Crippen LogP) is 3.70. The van der Waals surface area contributed by atoms with E-state index in [0.717, 1.165) is 5.56 Å². The van der Waals surface area contributed by atoms with Crippen molar-refractivity contribution in [1.29, 1.82) is 0 Å². The third-order valence-corrected chi connectivity index (χ3v) is 4.09. The van der Waals surface area contributed by atoms with E-state index in [0.29, 0.717) is 42.6 Å². The molecule has 7 heteroatoms. The lowest BCUT2D eigenvalue weighted by Gasteiger charge is -2.19. The molecule has 0 bridgehead atoms. The minimum absolute atomic E-state index is 0.281. The van der Waals surface area contributed by atoms with Crippen LogP contribution in [0.4, 0.5) is 0 Å². The van der Waals surface area contributed by atoms with Crippen molar-refractivity contribution in [2.45, 2.75) is 6.54 Å². The van der Waals surface area contributed by atoms with Crippen LogP contribution in [0, 0.1) is 0 Å². The molecule has 1 N–H and O–H groups in total. The Hall–Kier alpha value is -2.11.